The first-order chi connectivity index (χ1) is 41.3. The number of carbonyl (C=O) groups is 2. The number of aromatic amines is 1. The Hall–Kier alpha value is -9.25. The second kappa shape index (κ2) is 29.8. The summed E-state index contributed by atoms with van der Waals surface area (Å²) in [6.07, 6.45) is 7.75. The number of hydrogen-bond acceptors (Lipinski definition) is 20. The molecule has 2 aliphatic heterocycles. The molecule has 3 amide bonds. The van der Waals surface area contributed by atoms with Gasteiger partial charge in [0, 0.05) is 87.0 Å². The lowest BCUT2D eigenvalue weighted by atomic mass is 10.2. The van der Waals surface area contributed by atoms with E-state index in [1.165, 1.54) is 40.3 Å². The van der Waals surface area contributed by atoms with Crippen molar-refractivity contribution in [2.75, 3.05) is 122 Å². The highest BCUT2D eigenvalue weighted by atomic mass is 31.2. The van der Waals surface area contributed by atoms with E-state index in [4.69, 9.17) is 37.5 Å². The van der Waals surface area contributed by atoms with Crippen molar-refractivity contribution in [2.24, 2.45) is 0 Å². The van der Waals surface area contributed by atoms with Crippen LogP contribution in [0.5, 0.6) is 34.5 Å². The van der Waals surface area contributed by atoms with Gasteiger partial charge in [0.1, 0.15) is 37.5 Å². The number of carbonyl (C=O) groups excluding carboxylic acids is 2. The zero-order chi connectivity index (χ0) is 60.3. The molecule has 0 radical (unpaired) electrons. The van der Waals surface area contributed by atoms with E-state index in [0.717, 1.165) is 44.7 Å². The molecule has 85 heavy (non-hydrogen) atoms. The second-order valence-electron chi connectivity index (χ2n) is 19.1. The number of aromatic nitrogens is 6. The minimum atomic E-state index is -3.15. The molecule has 0 aliphatic carbocycles. The van der Waals surface area contributed by atoms with Gasteiger partial charge in [0.2, 0.25) is 0 Å². The molecule has 0 unspecified atom stereocenters. The Balaban J connectivity index is 0.000000184. The summed E-state index contributed by atoms with van der Waals surface area (Å²) in [5.74, 6) is 4.06. The molecule has 2 aliphatic rings. The molecule has 3 aromatic heterocycles. The average Bonchev–Trinajstić information content (AvgIpc) is 3.09. The zero-order valence-electron chi connectivity index (χ0n) is 48.6. The number of aromatic hydroxyl groups is 1. The number of hydrogen-bond donors (Lipinski definition) is 3. The number of allylic oxidation sites excluding steroid dienone is 1. The highest BCUT2D eigenvalue weighted by Gasteiger charge is 2.27. The number of phenols is 1. The van der Waals surface area contributed by atoms with Gasteiger partial charge >= 0.3 is 19.7 Å². The number of methoxy groups -OCH3 is 4. The highest BCUT2D eigenvalue weighted by Crippen LogP contribution is 2.48. The van der Waals surface area contributed by atoms with E-state index in [1.807, 2.05) is 73.7 Å². The first-order valence-electron chi connectivity index (χ1n) is 27.4. The Labute approximate surface area is 491 Å². The largest absolute Gasteiger partial charge is 0.504 e. The van der Waals surface area contributed by atoms with Gasteiger partial charge in [-0.1, -0.05) is 60.2 Å². The van der Waals surface area contributed by atoms with Gasteiger partial charge in [0.15, 0.2) is 34.5 Å². The summed E-state index contributed by atoms with van der Waals surface area (Å²) in [7, 11) is 2.99. The van der Waals surface area contributed by atoms with Crippen molar-refractivity contribution in [3.8, 4) is 34.5 Å². The minimum absolute atomic E-state index is 0.0409. The van der Waals surface area contributed by atoms with Crippen molar-refractivity contribution in [3.63, 3.8) is 0 Å². The molecule has 0 bridgehead atoms. The summed E-state index contributed by atoms with van der Waals surface area (Å²) in [5, 5.41) is 15.1. The Bertz CT molecular complexity index is 3670. The summed E-state index contributed by atoms with van der Waals surface area (Å²) < 4.78 is 55.6. The molecule has 5 aromatic carbocycles. The van der Waals surface area contributed by atoms with Crippen molar-refractivity contribution >= 4 is 69.8 Å². The predicted octanol–water partition coefficient (Wildman–Crippen LogP) is 9.25. The van der Waals surface area contributed by atoms with Crippen LogP contribution >= 0.6 is 7.60 Å². The van der Waals surface area contributed by atoms with E-state index < -0.39 is 7.60 Å². The Kier molecular flexibility index (Phi) is 21.7. The van der Waals surface area contributed by atoms with E-state index in [0.29, 0.717) is 111 Å². The number of nitrogens with one attached hydrogen (secondary N) is 2. The number of H-pyrrole nitrogens is 1. The van der Waals surface area contributed by atoms with E-state index in [-0.39, 0.29) is 42.8 Å². The fourth-order valence-corrected chi connectivity index (χ4v) is 10.7. The first-order valence-corrected chi connectivity index (χ1v) is 29.2. The molecule has 3 N–H and O–H groups in total. The summed E-state index contributed by atoms with van der Waals surface area (Å²) in [4.78, 5) is 68.5. The van der Waals surface area contributed by atoms with Crippen LogP contribution in [0.1, 0.15) is 25.0 Å². The van der Waals surface area contributed by atoms with Crippen molar-refractivity contribution < 1.29 is 56.7 Å². The van der Waals surface area contributed by atoms with Gasteiger partial charge in [0.05, 0.1) is 76.1 Å². The SMILES string of the molecule is CCOP(=O)(C/C=C/COc1cc2c(N3CCN(C(=O)Nc4ccc(C)cc4)CC3)ncnc2cc1OC)OCC.COc1cc2nc[nH]c(=O)c2cc1OC.COc1cc2ncnc(N3CCN(C(=O)OCc4ccccc4)CC3)c2cc1O. The quantitative estimate of drug-likeness (QED) is 0.0533. The molecular formula is C60H70N11O13P. The third-order valence-corrected chi connectivity index (χ3v) is 15.6. The molecule has 5 heterocycles. The highest BCUT2D eigenvalue weighted by molar-refractivity contribution is 7.54. The van der Waals surface area contributed by atoms with E-state index >= 15 is 0 Å². The van der Waals surface area contributed by atoms with Crippen LogP contribution in [0.2, 0.25) is 0 Å². The number of phenolic OH excluding ortho intramolecular Hbond substituents is 1. The molecular weight excluding hydrogens is 1110 g/mol. The summed E-state index contributed by atoms with van der Waals surface area (Å²) in [6, 6.07) is 27.5. The Morgan fingerprint density at radius 2 is 1.16 bits per heavy atom. The predicted molar refractivity (Wildman–Crippen MR) is 324 cm³/mol. The molecule has 10 rings (SSSR count). The average molecular weight is 1180 g/mol. The lowest BCUT2D eigenvalue weighted by Crippen LogP contribution is -2.50. The number of amides is 3. The molecule has 0 atom stereocenters. The van der Waals surface area contributed by atoms with E-state index in [9.17, 15) is 24.1 Å². The first kappa shape index (κ1) is 61.8. The third-order valence-electron chi connectivity index (χ3n) is 13.7. The molecule has 448 valence electrons. The van der Waals surface area contributed by atoms with Gasteiger partial charge in [-0.3, -0.25) is 9.36 Å². The molecule has 8 aromatic rings. The smallest absolute Gasteiger partial charge is 0.410 e. The van der Waals surface area contributed by atoms with Crippen LogP contribution in [0.4, 0.5) is 26.9 Å². The summed E-state index contributed by atoms with van der Waals surface area (Å²) in [6.45, 7) is 11.3. The molecule has 24 nitrogen and oxygen atoms in total. The van der Waals surface area contributed by atoms with Gasteiger partial charge in [0.25, 0.3) is 5.56 Å². The van der Waals surface area contributed by atoms with E-state index in [1.54, 1.807) is 67.2 Å². The maximum absolute atomic E-state index is 12.8. The molecule has 2 saturated heterocycles. The third kappa shape index (κ3) is 16.1. The normalized spacial score (nSPS) is 13.4. The van der Waals surface area contributed by atoms with E-state index in [2.05, 4.69) is 45.0 Å². The lowest BCUT2D eigenvalue weighted by molar-refractivity contribution is 0.0941. The second-order valence-corrected chi connectivity index (χ2v) is 21.2. The van der Waals surface area contributed by atoms with Crippen molar-refractivity contribution in [1.82, 2.24) is 39.7 Å². The van der Waals surface area contributed by atoms with Gasteiger partial charge < -0.3 is 72.5 Å². The Morgan fingerprint density at radius 1 is 0.635 bits per heavy atom. The van der Waals surface area contributed by atoms with Crippen LogP contribution in [-0.4, -0.2) is 164 Å². The molecule has 0 spiro atoms. The molecule has 0 saturated carbocycles. The lowest BCUT2D eigenvalue weighted by Gasteiger charge is -2.35. The zero-order valence-corrected chi connectivity index (χ0v) is 49.5. The van der Waals surface area contributed by atoms with Crippen molar-refractivity contribution in [2.45, 2.75) is 27.4 Å². The maximum Gasteiger partial charge on any atom is 0.410 e. The Morgan fingerprint density at radius 3 is 1.75 bits per heavy atom. The number of benzene rings is 5. The number of fused-ring (bicyclic) bond motifs is 3. The van der Waals surface area contributed by atoms with Crippen molar-refractivity contribution in [3.05, 3.63) is 144 Å². The minimum Gasteiger partial charge on any atom is -0.504 e. The number of ether oxygens (including phenoxy) is 6. The maximum atomic E-state index is 12.8. The van der Waals surface area contributed by atoms with Crippen LogP contribution in [0.25, 0.3) is 32.7 Å². The van der Waals surface area contributed by atoms with Crippen LogP contribution in [-0.2, 0) is 25.0 Å². The fraction of sp³-hybridized carbons (Fsp3) is 0.333. The van der Waals surface area contributed by atoms with Crippen LogP contribution in [0.3, 0.4) is 0 Å². The van der Waals surface area contributed by atoms with Gasteiger partial charge in [-0.05, 0) is 56.7 Å². The van der Waals surface area contributed by atoms with Crippen molar-refractivity contribution in [1.29, 1.82) is 0 Å². The van der Waals surface area contributed by atoms with Gasteiger partial charge in [-0.2, -0.15) is 0 Å². The number of rotatable bonds is 18. The standard InChI is InChI=1S/C29H38N5O6P.C21H22N4O4.C10H10N2O3/c1-5-39-41(36,40-6-2)18-8-7-17-38-27-19-24-25(20-26(27)37-4)30-21-31-28(24)33-13-15-34(16-14-33)29(35)32-23-11-9-22(3)10-12-23;1-28-19-12-17-16(11-18(19)26)20(23-14-22-17)24-7-9-25(10-8-24)21(27)29-13-15-5-3-2-4-6-15;1-14-8-3-6-7(4-9(8)15-2)11-5-12-10(6)13/h7-12,19-21H,5-6,13-18H2,1-4H3,(H,32,35);2-6,11-12,14,26H,7-10,13H2,1H3;3-5H,1-2H3,(H,11,12,13)/b8-7+;;. The number of urea groups is 1. The monoisotopic (exact) mass is 1180 g/mol. The van der Waals surface area contributed by atoms with Gasteiger partial charge in [-0.15, -0.1) is 0 Å². The molecule has 25 heteroatoms. The van der Waals surface area contributed by atoms with Crippen LogP contribution in [0.15, 0.2) is 127 Å². The number of piperazine rings is 2. The summed E-state index contributed by atoms with van der Waals surface area (Å²) >= 11 is 0. The van der Waals surface area contributed by atoms with Crippen LogP contribution < -0.4 is 44.4 Å². The van der Waals surface area contributed by atoms with Gasteiger partial charge in [-0.25, -0.2) is 34.5 Å². The number of aryl methyl sites for hydroxylation is 1. The topological polar surface area (TPSA) is 268 Å². The summed E-state index contributed by atoms with van der Waals surface area (Å²) in [5.41, 5.74) is 4.68. The number of anilines is 3. The molecule has 2 fully saturated rings. The van der Waals surface area contributed by atoms with Crippen LogP contribution in [0, 0.1) is 6.92 Å². The number of nitrogens with zero attached hydrogens (tertiary/aromatic N) is 9. The fourth-order valence-electron chi connectivity index (χ4n) is 9.26.